The SMILES string of the molecule is COc1ccc(N)c2ccccc12.N=C1C=CC(C(F)(F)F)=CC1=N. The van der Waals surface area contributed by atoms with Gasteiger partial charge in [0.05, 0.1) is 24.1 Å². The van der Waals surface area contributed by atoms with Gasteiger partial charge >= 0.3 is 6.18 Å². The van der Waals surface area contributed by atoms with Crippen molar-refractivity contribution in [2.75, 3.05) is 12.8 Å². The van der Waals surface area contributed by atoms with Crippen LogP contribution in [-0.4, -0.2) is 24.7 Å². The average Bonchev–Trinajstić information content (AvgIpc) is 2.58. The first kappa shape index (κ1) is 18.3. The predicted octanol–water partition coefficient (Wildman–Crippen LogP) is 4.52. The van der Waals surface area contributed by atoms with Crippen LogP contribution in [0.15, 0.2) is 60.2 Å². The number of halogens is 3. The predicted molar refractivity (Wildman–Crippen MR) is 93.6 cm³/mol. The van der Waals surface area contributed by atoms with Crippen LogP contribution in [0.2, 0.25) is 0 Å². The summed E-state index contributed by atoms with van der Waals surface area (Å²) in [4.78, 5) is 0. The molecule has 130 valence electrons. The number of nitrogens with one attached hydrogen (secondary N) is 2. The summed E-state index contributed by atoms with van der Waals surface area (Å²) < 4.78 is 41.1. The first-order valence-electron chi connectivity index (χ1n) is 7.19. The molecular weight excluding hydrogens is 331 g/mol. The molecule has 2 aromatic carbocycles. The van der Waals surface area contributed by atoms with E-state index >= 15 is 0 Å². The highest BCUT2D eigenvalue weighted by Crippen LogP contribution is 2.29. The number of benzene rings is 2. The van der Waals surface area contributed by atoms with Crippen molar-refractivity contribution in [2.45, 2.75) is 6.18 Å². The molecule has 3 rings (SSSR count). The topological polar surface area (TPSA) is 83.0 Å². The van der Waals surface area contributed by atoms with E-state index in [9.17, 15) is 13.2 Å². The number of anilines is 1. The Hall–Kier alpha value is -3.09. The first-order valence-corrected chi connectivity index (χ1v) is 7.19. The first-order chi connectivity index (χ1) is 11.7. The normalized spacial score (nSPS) is 14.0. The third-order valence-corrected chi connectivity index (χ3v) is 3.48. The molecule has 0 spiro atoms. The number of allylic oxidation sites excluding steroid dienone is 4. The fourth-order valence-electron chi connectivity index (χ4n) is 2.19. The zero-order valence-corrected chi connectivity index (χ0v) is 13.3. The smallest absolute Gasteiger partial charge is 0.416 e. The molecular formula is C18H16F3N3O. The summed E-state index contributed by atoms with van der Waals surface area (Å²) in [7, 11) is 1.66. The minimum Gasteiger partial charge on any atom is -0.496 e. The number of hydrogen-bond acceptors (Lipinski definition) is 4. The van der Waals surface area contributed by atoms with Crippen LogP contribution in [0.25, 0.3) is 10.8 Å². The van der Waals surface area contributed by atoms with Crippen LogP contribution in [-0.2, 0) is 0 Å². The summed E-state index contributed by atoms with van der Waals surface area (Å²) in [5, 5.41) is 16.0. The van der Waals surface area contributed by atoms with E-state index in [1.54, 1.807) is 7.11 Å². The van der Waals surface area contributed by atoms with E-state index in [1.807, 2.05) is 36.4 Å². The maximum atomic E-state index is 12.0. The molecule has 0 aromatic heterocycles. The van der Waals surface area contributed by atoms with Gasteiger partial charge in [-0.3, -0.25) is 10.8 Å². The van der Waals surface area contributed by atoms with E-state index in [4.69, 9.17) is 21.3 Å². The highest BCUT2D eigenvalue weighted by molar-refractivity contribution is 6.49. The van der Waals surface area contributed by atoms with Gasteiger partial charge in [-0.05, 0) is 30.4 Å². The maximum absolute atomic E-state index is 12.0. The van der Waals surface area contributed by atoms with Crippen LogP contribution in [0.3, 0.4) is 0 Å². The third-order valence-electron chi connectivity index (χ3n) is 3.48. The zero-order chi connectivity index (χ0) is 18.6. The number of hydrogen-bond donors (Lipinski definition) is 3. The van der Waals surface area contributed by atoms with Gasteiger partial charge in [0.15, 0.2) is 0 Å². The van der Waals surface area contributed by atoms with Crippen LogP contribution in [0.1, 0.15) is 0 Å². The minimum absolute atomic E-state index is 0.206. The molecule has 1 aliphatic rings. The summed E-state index contributed by atoms with van der Waals surface area (Å²) in [6, 6.07) is 11.7. The molecule has 2 aromatic rings. The lowest BCUT2D eigenvalue weighted by Gasteiger charge is -2.11. The largest absolute Gasteiger partial charge is 0.496 e. The Labute approximate surface area is 142 Å². The number of nitrogens with two attached hydrogens (primary N) is 1. The van der Waals surface area contributed by atoms with E-state index < -0.39 is 17.5 Å². The summed E-state index contributed by atoms with van der Waals surface area (Å²) >= 11 is 0. The molecule has 0 atom stereocenters. The molecule has 0 saturated carbocycles. The Morgan fingerprint density at radius 3 is 2.12 bits per heavy atom. The van der Waals surface area contributed by atoms with Crippen molar-refractivity contribution in [1.82, 2.24) is 0 Å². The molecule has 0 radical (unpaired) electrons. The third kappa shape index (κ3) is 4.26. The molecule has 4 nitrogen and oxygen atoms in total. The highest BCUT2D eigenvalue weighted by atomic mass is 19.4. The molecule has 0 heterocycles. The number of alkyl halides is 3. The molecule has 0 bridgehead atoms. The lowest BCUT2D eigenvalue weighted by Crippen LogP contribution is -2.18. The van der Waals surface area contributed by atoms with E-state index in [-0.39, 0.29) is 5.71 Å². The second-order valence-electron chi connectivity index (χ2n) is 5.16. The van der Waals surface area contributed by atoms with Gasteiger partial charge in [0.25, 0.3) is 0 Å². The molecule has 0 aliphatic heterocycles. The van der Waals surface area contributed by atoms with E-state index in [0.717, 1.165) is 34.4 Å². The van der Waals surface area contributed by atoms with Crippen LogP contribution in [0.4, 0.5) is 18.9 Å². The fraction of sp³-hybridized carbons (Fsp3) is 0.111. The monoisotopic (exact) mass is 347 g/mol. The van der Waals surface area contributed by atoms with Crippen LogP contribution in [0.5, 0.6) is 5.75 Å². The number of nitrogen functional groups attached to an aromatic ring is 1. The van der Waals surface area contributed by atoms with Gasteiger partial charge in [-0.25, -0.2) is 0 Å². The Morgan fingerprint density at radius 1 is 0.920 bits per heavy atom. The van der Waals surface area contributed by atoms with Gasteiger partial charge in [0, 0.05) is 16.5 Å². The van der Waals surface area contributed by atoms with Crippen molar-refractivity contribution in [3.63, 3.8) is 0 Å². The number of methoxy groups -OCH3 is 1. The van der Waals surface area contributed by atoms with Crippen LogP contribution < -0.4 is 10.5 Å². The van der Waals surface area contributed by atoms with E-state index in [1.165, 1.54) is 0 Å². The lowest BCUT2D eigenvalue weighted by atomic mass is 10.0. The molecule has 7 heteroatoms. The summed E-state index contributed by atoms with van der Waals surface area (Å²) in [5.41, 5.74) is 5.11. The lowest BCUT2D eigenvalue weighted by molar-refractivity contribution is -0.0881. The van der Waals surface area contributed by atoms with Gasteiger partial charge < -0.3 is 10.5 Å². The van der Waals surface area contributed by atoms with Crippen molar-refractivity contribution in [3.05, 3.63) is 60.2 Å². The molecule has 0 unspecified atom stereocenters. The molecule has 25 heavy (non-hydrogen) atoms. The van der Waals surface area contributed by atoms with Crippen molar-refractivity contribution >= 4 is 27.9 Å². The second-order valence-corrected chi connectivity index (χ2v) is 5.16. The standard InChI is InChI=1S/C11H11NO.C7H5F3N2/c1-13-11-7-6-10(12)8-4-2-3-5-9(8)11;8-7(9,10)4-1-2-5(11)6(12)3-4/h2-7H,12H2,1H3;1-3,11-12H. The quantitative estimate of drug-likeness (QED) is 0.524. The Balaban J connectivity index is 0.000000181. The molecule has 1 aliphatic carbocycles. The highest BCUT2D eigenvalue weighted by Gasteiger charge is 2.33. The van der Waals surface area contributed by atoms with Crippen LogP contribution >= 0.6 is 0 Å². The Bertz CT molecular complexity index is 883. The zero-order valence-electron chi connectivity index (χ0n) is 13.3. The van der Waals surface area contributed by atoms with Crippen molar-refractivity contribution in [1.29, 1.82) is 10.8 Å². The van der Waals surface area contributed by atoms with Crippen molar-refractivity contribution in [2.24, 2.45) is 0 Å². The van der Waals surface area contributed by atoms with Crippen molar-refractivity contribution in [3.8, 4) is 5.75 Å². The summed E-state index contributed by atoms with van der Waals surface area (Å²) in [6.45, 7) is 0. The molecule has 0 fully saturated rings. The Kier molecular flexibility index (Phi) is 5.26. The summed E-state index contributed by atoms with van der Waals surface area (Å²) in [5.74, 6) is 0.866. The maximum Gasteiger partial charge on any atom is 0.416 e. The Morgan fingerprint density at radius 2 is 1.56 bits per heavy atom. The molecule has 0 saturated heterocycles. The van der Waals surface area contributed by atoms with Gasteiger partial charge in [0.2, 0.25) is 0 Å². The van der Waals surface area contributed by atoms with Crippen molar-refractivity contribution < 1.29 is 17.9 Å². The van der Waals surface area contributed by atoms with Gasteiger partial charge in [-0.15, -0.1) is 0 Å². The average molecular weight is 347 g/mol. The van der Waals surface area contributed by atoms with E-state index in [2.05, 4.69) is 0 Å². The van der Waals surface area contributed by atoms with E-state index in [0.29, 0.717) is 6.08 Å². The van der Waals surface area contributed by atoms with Gasteiger partial charge in [-0.2, -0.15) is 13.2 Å². The van der Waals surface area contributed by atoms with Gasteiger partial charge in [0.1, 0.15) is 5.75 Å². The second kappa shape index (κ2) is 7.21. The number of ether oxygens (including phenoxy) is 1. The number of rotatable bonds is 1. The number of fused-ring (bicyclic) bond motifs is 1. The fourth-order valence-corrected chi connectivity index (χ4v) is 2.19. The van der Waals surface area contributed by atoms with Gasteiger partial charge in [-0.1, -0.05) is 24.3 Å². The molecule has 4 N–H and O–H groups in total. The summed E-state index contributed by atoms with van der Waals surface area (Å²) in [6.07, 6.45) is -2.03. The van der Waals surface area contributed by atoms with Crippen LogP contribution in [0, 0.1) is 10.8 Å². The molecule has 0 amide bonds. The minimum atomic E-state index is -4.43.